The minimum Gasteiger partial charge on any atom is -0.465 e. The Labute approximate surface area is 173 Å². The van der Waals surface area contributed by atoms with Crippen molar-refractivity contribution in [2.45, 2.75) is 6.54 Å². The summed E-state index contributed by atoms with van der Waals surface area (Å²) in [5.74, 6) is -0.799. The van der Waals surface area contributed by atoms with Crippen LogP contribution in [0.5, 0.6) is 11.5 Å². The van der Waals surface area contributed by atoms with E-state index >= 15 is 0 Å². The van der Waals surface area contributed by atoms with Gasteiger partial charge in [-0.15, -0.1) is 0 Å². The quantitative estimate of drug-likeness (QED) is 0.472. The molecule has 30 heavy (non-hydrogen) atoms. The Bertz CT molecular complexity index is 1050. The van der Waals surface area contributed by atoms with Crippen LogP contribution >= 0.6 is 0 Å². The number of nitrogens with one attached hydrogen (secondary N) is 1. The number of pyridine rings is 1. The molecule has 3 rings (SSSR count). The van der Waals surface area contributed by atoms with E-state index in [0.717, 1.165) is 5.56 Å². The molecule has 7 heteroatoms. The zero-order valence-corrected chi connectivity index (χ0v) is 16.2. The van der Waals surface area contributed by atoms with E-state index in [0.29, 0.717) is 16.9 Å². The summed E-state index contributed by atoms with van der Waals surface area (Å²) in [4.78, 5) is 27.3. The van der Waals surface area contributed by atoms with Crippen LogP contribution in [0.4, 0.5) is 4.39 Å². The molecule has 0 fully saturated rings. The van der Waals surface area contributed by atoms with Crippen LogP contribution in [-0.2, 0) is 16.1 Å². The zero-order valence-electron chi connectivity index (χ0n) is 16.2. The molecule has 1 heterocycles. The maximum Gasteiger partial charge on any atom is 0.337 e. The molecule has 1 aromatic heterocycles. The lowest BCUT2D eigenvalue weighted by atomic mass is 10.1. The first-order chi connectivity index (χ1) is 14.5. The van der Waals surface area contributed by atoms with E-state index in [-0.39, 0.29) is 18.2 Å². The standard InChI is InChI=1S/C23H19FN2O4/c1-29-23(28)18-8-4-17(5-9-18)14-26-22(27)11-7-16-6-10-21(20(24)13-16)30-19-3-2-12-25-15-19/h2-13,15H,14H2,1H3,(H,26,27)/b11-7+. The summed E-state index contributed by atoms with van der Waals surface area (Å²) in [6.07, 6.45) is 5.91. The monoisotopic (exact) mass is 406 g/mol. The number of halogens is 1. The lowest BCUT2D eigenvalue weighted by Gasteiger charge is -2.07. The Morgan fingerprint density at radius 2 is 1.93 bits per heavy atom. The van der Waals surface area contributed by atoms with Gasteiger partial charge in [0.05, 0.1) is 18.9 Å². The third-order valence-electron chi connectivity index (χ3n) is 4.09. The Balaban J connectivity index is 1.54. The molecule has 0 saturated heterocycles. The van der Waals surface area contributed by atoms with Crippen LogP contribution in [-0.4, -0.2) is 24.0 Å². The first-order valence-corrected chi connectivity index (χ1v) is 9.06. The van der Waals surface area contributed by atoms with Gasteiger partial charge < -0.3 is 14.8 Å². The van der Waals surface area contributed by atoms with Gasteiger partial charge >= 0.3 is 5.97 Å². The van der Waals surface area contributed by atoms with E-state index in [1.807, 2.05) is 0 Å². The topological polar surface area (TPSA) is 77.5 Å². The molecule has 0 saturated carbocycles. The van der Waals surface area contributed by atoms with Gasteiger partial charge in [0, 0.05) is 18.8 Å². The van der Waals surface area contributed by atoms with E-state index < -0.39 is 11.8 Å². The van der Waals surface area contributed by atoms with Crippen molar-refractivity contribution in [3.63, 3.8) is 0 Å². The fourth-order valence-electron chi connectivity index (χ4n) is 2.53. The predicted octanol–water partition coefficient (Wildman–Crippen LogP) is 4.13. The molecule has 0 spiro atoms. The van der Waals surface area contributed by atoms with Gasteiger partial charge in [0.2, 0.25) is 5.91 Å². The van der Waals surface area contributed by atoms with Crippen LogP contribution in [0.15, 0.2) is 73.1 Å². The van der Waals surface area contributed by atoms with Gasteiger partial charge in [-0.3, -0.25) is 9.78 Å². The highest BCUT2D eigenvalue weighted by atomic mass is 19.1. The third kappa shape index (κ3) is 5.75. The van der Waals surface area contributed by atoms with Crippen LogP contribution < -0.4 is 10.1 Å². The fraction of sp³-hybridized carbons (Fsp3) is 0.0870. The first-order valence-electron chi connectivity index (χ1n) is 9.06. The molecule has 3 aromatic rings. The molecule has 1 amide bonds. The molecule has 152 valence electrons. The van der Waals surface area contributed by atoms with Crippen LogP contribution in [0.25, 0.3) is 6.08 Å². The second-order valence-electron chi connectivity index (χ2n) is 6.22. The number of hydrogen-bond acceptors (Lipinski definition) is 5. The lowest BCUT2D eigenvalue weighted by Crippen LogP contribution is -2.20. The minimum atomic E-state index is -0.549. The second-order valence-corrected chi connectivity index (χ2v) is 6.22. The summed E-state index contributed by atoms with van der Waals surface area (Å²) in [7, 11) is 1.32. The number of methoxy groups -OCH3 is 1. The van der Waals surface area contributed by atoms with E-state index in [2.05, 4.69) is 15.0 Å². The Kier molecular flexibility index (Phi) is 6.89. The van der Waals surface area contributed by atoms with Gasteiger partial charge in [0.15, 0.2) is 11.6 Å². The smallest absolute Gasteiger partial charge is 0.337 e. The molecule has 2 aromatic carbocycles. The number of nitrogens with zero attached hydrogens (tertiary/aromatic N) is 1. The van der Waals surface area contributed by atoms with Crippen LogP contribution in [0.3, 0.4) is 0 Å². The van der Waals surface area contributed by atoms with Crippen LogP contribution in [0.2, 0.25) is 0 Å². The predicted molar refractivity (Wildman–Crippen MR) is 109 cm³/mol. The summed E-state index contributed by atoms with van der Waals surface area (Å²) in [5.41, 5.74) is 1.78. The van der Waals surface area contributed by atoms with Crippen molar-refractivity contribution in [2.75, 3.05) is 7.11 Å². The van der Waals surface area contributed by atoms with E-state index in [9.17, 15) is 14.0 Å². The van der Waals surface area contributed by atoms with Crippen LogP contribution in [0.1, 0.15) is 21.5 Å². The van der Waals surface area contributed by atoms with Crippen molar-refractivity contribution in [1.82, 2.24) is 10.3 Å². The van der Waals surface area contributed by atoms with Gasteiger partial charge in [0.1, 0.15) is 5.75 Å². The normalized spacial score (nSPS) is 10.6. The largest absolute Gasteiger partial charge is 0.465 e. The van der Waals surface area contributed by atoms with Gasteiger partial charge in [-0.1, -0.05) is 18.2 Å². The molecule has 0 radical (unpaired) electrons. The molecular weight excluding hydrogens is 387 g/mol. The van der Waals surface area contributed by atoms with E-state index in [1.165, 1.54) is 37.6 Å². The average molecular weight is 406 g/mol. The second kappa shape index (κ2) is 9.97. The van der Waals surface area contributed by atoms with Gasteiger partial charge in [-0.25, -0.2) is 9.18 Å². The van der Waals surface area contributed by atoms with E-state index in [1.54, 1.807) is 48.7 Å². The maximum atomic E-state index is 14.2. The van der Waals surface area contributed by atoms with Crippen molar-refractivity contribution >= 4 is 18.0 Å². The maximum absolute atomic E-state index is 14.2. The molecule has 0 aliphatic heterocycles. The van der Waals surface area contributed by atoms with Crippen LogP contribution in [0, 0.1) is 5.82 Å². The number of rotatable bonds is 7. The SMILES string of the molecule is COC(=O)c1ccc(CNC(=O)/C=C/c2ccc(Oc3cccnc3)c(F)c2)cc1. The summed E-state index contributed by atoms with van der Waals surface area (Å²) in [5, 5.41) is 2.72. The number of hydrogen-bond donors (Lipinski definition) is 1. The highest BCUT2D eigenvalue weighted by molar-refractivity contribution is 5.91. The lowest BCUT2D eigenvalue weighted by molar-refractivity contribution is -0.116. The molecule has 0 atom stereocenters. The van der Waals surface area contributed by atoms with Gasteiger partial charge in [-0.2, -0.15) is 0 Å². The highest BCUT2D eigenvalue weighted by Crippen LogP contribution is 2.24. The number of benzene rings is 2. The molecule has 0 aliphatic carbocycles. The van der Waals surface area contributed by atoms with Crippen molar-refractivity contribution in [2.24, 2.45) is 0 Å². The molecular formula is C23H19FN2O4. The Morgan fingerprint density at radius 1 is 1.13 bits per heavy atom. The highest BCUT2D eigenvalue weighted by Gasteiger charge is 2.06. The van der Waals surface area contributed by atoms with Crippen molar-refractivity contribution < 1.29 is 23.5 Å². The summed E-state index contributed by atoms with van der Waals surface area (Å²) in [6, 6.07) is 14.5. The third-order valence-corrected chi connectivity index (χ3v) is 4.09. The Morgan fingerprint density at radius 3 is 2.60 bits per heavy atom. The number of amides is 1. The van der Waals surface area contributed by atoms with Crippen molar-refractivity contribution in [1.29, 1.82) is 0 Å². The molecule has 0 bridgehead atoms. The summed E-state index contributed by atoms with van der Waals surface area (Å²) in [6.45, 7) is 0.289. The minimum absolute atomic E-state index is 0.0694. The number of esters is 1. The van der Waals surface area contributed by atoms with E-state index in [4.69, 9.17) is 4.74 Å². The van der Waals surface area contributed by atoms with Crippen molar-refractivity contribution in [3.05, 3.63) is 95.6 Å². The number of carbonyl (C=O) groups is 2. The van der Waals surface area contributed by atoms with Gasteiger partial charge in [-0.05, 0) is 53.6 Å². The number of carbonyl (C=O) groups excluding carboxylic acids is 2. The molecule has 6 nitrogen and oxygen atoms in total. The first kappa shape index (κ1) is 20.7. The molecule has 1 N–H and O–H groups in total. The Hall–Kier alpha value is -4.00. The number of ether oxygens (including phenoxy) is 2. The fourth-order valence-corrected chi connectivity index (χ4v) is 2.53. The molecule has 0 aliphatic rings. The number of aromatic nitrogens is 1. The summed E-state index contributed by atoms with van der Waals surface area (Å²) < 4.78 is 24.3. The summed E-state index contributed by atoms with van der Waals surface area (Å²) >= 11 is 0. The van der Waals surface area contributed by atoms with Gasteiger partial charge in [0.25, 0.3) is 0 Å². The molecule has 0 unspecified atom stereocenters. The van der Waals surface area contributed by atoms with Crippen molar-refractivity contribution in [3.8, 4) is 11.5 Å². The average Bonchev–Trinajstić information content (AvgIpc) is 2.78. The zero-order chi connectivity index (χ0) is 21.3.